The topological polar surface area (TPSA) is 46.2 Å². The number of benzene rings is 2. The molecule has 1 fully saturated rings. The first kappa shape index (κ1) is 20.1. The molecule has 0 aromatic heterocycles. The van der Waals surface area contributed by atoms with Gasteiger partial charge in [-0.15, -0.1) is 0 Å². The second-order valence-corrected chi connectivity index (χ2v) is 7.46. The Morgan fingerprint density at radius 1 is 0.793 bits per heavy atom. The molecule has 154 valence electrons. The van der Waals surface area contributed by atoms with Gasteiger partial charge in [-0.1, -0.05) is 60.7 Å². The molecular formula is C24H28O5. The lowest BCUT2D eigenvalue weighted by atomic mass is 9.95. The fraction of sp³-hybridized carbons (Fsp3) is 0.417. The van der Waals surface area contributed by atoms with Crippen LogP contribution in [0.2, 0.25) is 0 Å². The number of hydrogen-bond donors (Lipinski definition) is 0. The molecule has 4 rings (SSSR count). The van der Waals surface area contributed by atoms with Gasteiger partial charge < -0.3 is 23.7 Å². The Kier molecular flexibility index (Phi) is 7.32. The average Bonchev–Trinajstić information content (AvgIpc) is 3.34. The summed E-state index contributed by atoms with van der Waals surface area (Å²) in [5.74, 6) is 0.558. The van der Waals surface area contributed by atoms with Crippen molar-refractivity contribution in [1.82, 2.24) is 0 Å². The lowest BCUT2D eigenvalue weighted by Gasteiger charge is -2.22. The van der Waals surface area contributed by atoms with Crippen LogP contribution < -0.4 is 0 Å². The molecule has 2 aromatic rings. The van der Waals surface area contributed by atoms with Crippen LogP contribution in [0.4, 0.5) is 0 Å². The van der Waals surface area contributed by atoms with E-state index in [1.807, 2.05) is 60.7 Å². The Bertz CT molecular complexity index is 748. The third-order valence-corrected chi connectivity index (χ3v) is 5.49. The van der Waals surface area contributed by atoms with Gasteiger partial charge in [0.25, 0.3) is 0 Å². The van der Waals surface area contributed by atoms with Gasteiger partial charge in [-0.25, -0.2) is 0 Å². The summed E-state index contributed by atoms with van der Waals surface area (Å²) in [5.41, 5.74) is 2.28. The Morgan fingerprint density at radius 2 is 1.45 bits per heavy atom. The molecular weight excluding hydrogens is 368 g/mol. The molecule has 1 aliphatic carbocycles. The monoisotopic (exact) mass is 396 g/mol. The van der Waals surface area contributed by atoms with Crippen molar-refractivity contribution in [3.63, 3.8) is 0 Å². The summed E-state index contributed by atoms with van der Waals surface area (Å²) in [4.78, 5) is 0. The van der Waals surface area contributed by atoms with Crippen LogP contribution in [0.25, 0.3) is 0 Å². The maximum atomic E-state index is 6.04. The molecule has 4 unspecified atom stereocenters. The van der Waals surface area contributed by atoms with Gasteiger partial charge in [0, 0.05) is 18.3 Å². The zero-order valence-electron chi connectivity index (χ0n) is 16.5. The first-order valence-electron chi connectivity index (χ1n) is 10.1. The van der Waals surface area contributed by atoms with E-state index < -0.39 is 0 Å². The third kappa shape index (κ3) is 5.67. The van der Waals surface area contributed by atoms with E-state index in [4.69, 9.17) is 23.7 Å². The minimum Gasteiger partial charge on any atom is -0.498 e. The molecule has 0 radical (unpaired) electrons. The second kappa shape index (κ2) is 10.6. The van der Waals surface area contributed by atoms with E-state index in [2.05, 4.69) is 6.08 Å². The molecule has 4 atom stereocenters. The highest BCUT2D eigenvalue weighted by molar-refractivity contribution is 5.14. The first-order chi connectivity index (χ1) is 14.4. The average molecular weight is 396 g/mol. The summed E-state index contributed by atoms with van der Waals surface area (Å²) in [6, 6.07) is 20.2. The van der Waals surface area contributed by atoms with Crippen molar-refractivity contribution in [1.29, 1.82) is 0 Å². The smallest absolute Gasteiger partial charge is 0.147 e. The summed E-state index contributed by atoms with van der Waals surface area (Å²) in [5, 5.41) is 0. The minimum absolute atomic E-state index is 0.0554. The molecule has 1 aliphatic heterocycles. The number of hydrogen-bond acceptors (Lipinski definition) is 5. The Labute approximate surface area is 172 Å². The Balaban J connectivity index is 1.19. The fourth-order valence-electron chi connectivity index (χ4n) is 3.99. The van der Waals surface area contributed by atoms with E-state index in [1.165, 1.54) is 0 Å². The quantitative estimate of drug-likeness (QED) is 0.419. The van der Waals surface area contributed by atoms with Crippen LogP contribution >= 0.6 is 0 Å². The highest BCUT2D eigenvalue weighted by Crippen LogP contribution is 2.40. The predicted molar refractivity (Wildman–Crippen MR) is 109 cm³/mol. The molecule has 5 heteroatoms. The van der Waals surface area contributed by atoms with E-state index in [0.717, 1.165) is 17.5 Å². The largest absolute Gasteiger partial charge is 0.498 e. The van der Waals surface area contributed by atoms with Crippen LogP contribution in [0.3, 0.4) is 0 Å². The van der Waals surface area contributed by atoms with Crippen molar-refractivity contribution in [2.24, 2.45) is 11.8 Å². The minimum atomic E-state index is 0.0554. The molecule has 0 spiro atoms. The molecule has 2 aliphatic rings. The number of ether oxygens (including phenoxy) is 5. The fourth-order valence-corrected chi connectivity index (χ4v) is 3.99. The number of rotatable bonds is 11. The van der Waals surface area contributed by atoms with Crippen LogP contribution in [0, 0.1) is 11.8 Å². The van der Waals surface area contributed by atoms with Gasteiger partial charge in [0.1, 0.15) is 19.7 Å². The summed E-state index contributed by atoms with van der Waals surface area (Å²) in [7, 11) is 0. The molecule has 0 saturated heterocycles. The highest BCUT2D eigenvalue weighted by atomic mass is 16.7. The molecule has 0 N–H and O–H groups in total. The van der Waals surface area contributed by atoms with Gasteiger partial charge in [-0.2, -0.15) is 0 Å². The van der Waals surface area contributed by atoms with Gasteiger partial charge in [0.15, 0.2) is 0 Å². The summed E-state index contributed by atoms with van der Waals surface area (Å²) in [6.07, 6.45) is 5.01. The first-order valence-corrected chi connectivity index (χ1v) is 10.1. The predicted octanol–water partition coefficient (Wildman–Crippen LogP) is 4.29. The van der Waals surface area contributed by atoms with E-state index in [0.29, 0.717) is 25.7 Å². The normalized spacial score (nSPS) is 25.1. The van der Waals surface area contributed by atoms with Crippen molar-refractivity contribution in [2.45, 2.75) is 31.8 Å². The molecule has 0 amide bonds. The third-order valence-electron chi connectivity index (χ3n) is 5.49. The van der Waals surface area contributed by atoms with Crippen molar-refractivity contribution < 1.29 is 23.7 Å². The Hall–Kier alpha value is -2.18. The van der Waals surface area contributed by atoms with Crippen molar-refractivity contribution in [3.05, 3.63) is 84.1 Å². The molecule has 0 bridgehead atoms. The maximum absolute atomic E-state index is 6.04. The van der Waals surface area contributed by atoms with Crippen LogP contribution in [0.15, 0.2) is 73.0 Å². The summed E-state index contributed by atoms with van der Waals surface area (Å²) < 4.78 is 28.9. The lowest BCUT2D eigenvalue weighted by molar-refractivity contribution is -0.128. The van der Waals surface area contributed by atoms with Crippen LogP contribution in [-0.2, 0) is 36.9 Å². The van der Waals surface area contributed by atoms with Gasteiger partial charge in [-0.05, 0) is 17.2 Å². The van der Waals surface area contributed by atoms with Crippen molar-refractivity contribution in [2.75, 3.05) is 20.2 Å². The van der Waals surface area contributed by atoms with Crippen LogP contribution in [0.1, 0.15) is 17.5 Å². The summed E-state index contributed by atoms with van der Waals surface area (Å²) >= 11 is 0. The maximum Gasteiger partial charge on any atom is 0.147 e. The van der Waals surface area contributed by atoms with Crippen LogP contribution in [0.5, 0.6) is 0 Å². The van der Waals surface area contributed by atoms with Crippen LogP contribution in [-0.4, -0.2) is 32.4 Å². The SMILES string of the molecule is C1=CC2C(CC(OCOCc3ccccc3)C2COCOCc2ccccc2)O1. The molecule has 1 saturated carbocycles. The van der Waals surface area contributed by atoms with E-state index in [-0.39, 0.29) is 31.7 Å². The molecule has 29 heavy (non-hydrogen) atoms. The number of fused-ring (bicyclic) bond motifs is 1. The zero-order valence-corrected chi connectivity index (χ0v) is 16.5. The Morgan fingerprint density at radius 3 is 2.14 bits per heavy atom. The molecule has 1 heterocycles. The summed E-state index contributed by atoms with van der Waals surface area (Å²) in [6.45, 7) is 2.21. The highest BCUT2D eigenvalue weighted by Gasteiger charge is 2.45. The van der Waals surface area contributed by atoms with E-state index in [1.54, 1.807) is 6.26 Å². The van der Waals surface area contributed by atoms with E-state index in [9.17, 15) is 0 Å². The standard InChI is InChI=1S/C24H28O5/c1-3-7-19(8-4-1)14-25-17-27-16-22-21-11-12-28-23(21)13-24(22)29-18-26-15-20-9-5-2-6-10-20/h1-12,21-24H,13-18H2. The molecule has 2 aromatic carbocycles. The van der Waals surface area contributed by atoms with Gasteiger partial charge in [0.2, 0.25) is 0 Å². The van der Waals surface area contributed by atoms with E-state index >= 15 is 0 Å². The van der Waals surface area contributed by atoms with Gasteiger partial charge >= 0.3 is 0 Å². The van der Waals surface area contributed by atoms with Crippen molar-refractivity contribution >= 4 is 0 Å². The van der Waals surface area contributed by atoms with Gasteiger partial charge in [0.05, 0.1) is 32.2 Å². The second-order valence-electron chi connectivity index (χ2n) is 7.46. The molecule has 5 nitrogen and oxygen atoms in total. The zero-order chi connectivity index (χ0) is 19.7. The lowest BCUT2D eigenvalue weighted by Crippen LogP contribution is -2.28. The van der Waals surface area contributed by atoms with Crippen molar-refractivity contribution in [3.8, 4) is 0 Å². The van der Waals surface area contributed by atoms with Gasteiger partial charge in [-0.3, -0.25) is 0 Å².